The zero-order chi connectivity index (χ0) is 16.3. The Labute approximate surface area is 129 Å². The zero-order valence-electron chi connectivity index (χ0n) is 12.1. The number of sulfonamides is 1. The van der Waals surface area contributed by atoms with Crippen LogP contribution < -0.4 is 15.2 Å². The summed E-state index contributed by atoms with van der Waals surface area (Å²) in [5, 5.41) is 7.87. The van der Waals surface area contributed by atoms with E-state index in [9.17, 15) is 13.2 Å². The lowest BCUT2D eigenvalue weighted by Crippen LogP contribution is -2.44. The van der Waals surface area contributed by atoms with Gasteiger partial charge < -0.3 is 10.1 Å². The van der Waals surface area contributed by atoms with Gasteiger partial charge in [0.15, 0.2) is 6.61 Å². The number of ether oxygens (including phenoxy) is 1. The van der Waals surface area contributed by atoms with Gasteiger partial charge in [-0.15, -0.1) is 0 Å². The van der Waals surface area contributed by atoms with Crippen LogP contribution in [0.2, 0.25) is 5.02 Å². The van der Waals surface area contributed by atoms with Crippen molar-refractivity contribution in [2.45, 2.75) is 37.6 Å². The summed E-state index contributed by atoms with van der Waals surface area (Å²) < 4.78 is 27.6. The fourth-order valence-corrected chi connectivity index (χ4v) is 2.26. The van der Waals surface area contributed by atoms with Gasteiger partial charge in [-0.05, 0) is 38.5 Å². The van der Waals surface area contributed by atoms with Gasteiger partial charge >= 0.3 is 0 Å². The molecule has 0 spiro atoms. The van der Waals surface area contributed by atoms with Gasteiger partial charge in [-0.2, -0.15) is 0 Å². The number of nitrogens with one attached hydrogen (secondary N) is 1. The summed E-state index contributed by atoms with van der Waals surface area (Å²) in [6, 6.07) is 3.81. The number of nitrogens with two attached hydrogens (primary N) is 1. The summed E-state index contributed by atoms with van der Waals surface area (Å²) >= 11 is 5.90. The predicted octanol–water partition coefficient (Wildman–Crippen LogP) is 1.67. The van der Waals surface area contributed by atoms with Gasteiger partial charge in [-0.3, -0.25) is 4.79 Å². The molecule has 0 atom stereocenters. The minimum absolute atomic E-state index is 0.0732. The van der Waals surface area contributed by atoms with Gasteiger partial charge in [0.2, 0.25) is 10.0 Å². The van der Waals surface area contributed by atoms with Crippen LogP contribution in [0.25, 0.3) is 0 Å². The SMILES string of the molecule is CCC(C)(C)NC(=O)COc1ccc(S(N)(=O)=O)cc1Cl. The minimum Gasteiger partial charge on any atom is -0.482 e. The number of hydrogen-bond acceptors (Lipinski definition) is 4. The van der Waals surface area contributed by atoms with Crippen molar-refractivity contribution in [3.05, 3.63) is 23.2 Å². The molecule has 0 fully saturated rings. The Bertz CT molecular complexity index is 629. The average Bonchev–Trinajstić information content (AvgIpc) is 2.35. The topological polar surface area (TPSA) is 98.5 Å². The molecule has 0 aliphatic rings. The van der Waals surface area contributed by atoms with Crippen LogP contribution in [0.4, 0.5) is 0 Å². The number of hydrogen-bond donors (Lipinski definition) is 2. The molecule has 0 aliphatic carbocycles. The van der Waals surface area contributed by atoms with E-state index in [0.717, 1.165) is 6.42 Å². The van der Waals surface area contributed by atoms with Crippen LogP contribution >= 0.6 is 11.6 Å². The lowest BCUT2D eigenvalue weighted by Gasteiger charge is -2.24. The number of carbonyl (C=O) groups excluding carboxylic acids is 1. The maximum Gasteiger partial charge on any atom is 0.258 e. The number of amides is 1. The highest BCUT2D eigenvalue weighted by Crippen LogP contribution is 2.26. The van der Waals surface area contributed by atoms with Crippen LogP contribution in [0.1, 0.15) is 27.2 Å². The highest BCUT2D eigenvalue weighted by Gasteiger charge is 2.18. The van der Waals surface area contributed by atoms with Crippen LogP contribution in [-0.2, 0) is 14.8 Å². The summed E-state index contributed by atoms with van der Waals surface area (Å²) in [4.78, 5) is 11.6. The van der Waals surface area contributed by atoms with Gasteiger partial charge in [0.1, 0.15) is 5.75 Å². The number of carbonyl (C=O) groups is 1. The van der Waals surface area contributed by atoms with Crippen LogP contribution in [0.15, 0.2) is 23.1 Å². The van der Waals surface area contributed by atoms with Crippen molar-refractivity contribution in [1.29, 1.82) is 0 Å². The second-order valence-corrected chi connectivity index (χ2v) is 7.18. The maximum atomic E-state index is 11.7. The molecule has 0 saturated heterocycles. The number of benzene rings is 1. The molecule has 1 rings (SSSR count). The Morgan fingerprint density at radius 3 is 2.52 bits per heavy atom. The van der Waals surface area contributed by atoms with Crippen molar-refractivity contribution in [2.75, 3.05) is 6.61 Å². The van der Waals surface area contributed by atoms with E-state index >= 15 is 0 Å². The first-order chi connectivity index (χ1) is 9.55. The van der Waals surface area contributed by atoms with Gasteiger partial charge in [0.25, 0.3) is 5.91 Å². The van der Waals surface area contributed by atoms with E-state index in [-0.39, 0.29) is 33.7 Å². The summed E-state index contributed by atoms with van der Waals surface area (Å²) in [6.07, 6.45) is 0.780. The predicted molar refractivity (Wildman–Crippen MR) is 80.8 cm³/mol. The molecular formula is C13H19ClN2O4S. The number of primary sulfonamides is 1. The highest BCUT2D eigenvalue weighted by atomic mass is 35.5. The van der Waals surface area contributed by atoms with Crippen LogP contribution in [0.3, 0.4) is 0 Å². The minimum atomic E-state index is -3.82. The van der Waals surface area contributed by atoms with Gasteiger partial charge in [0, 0.05) is 5.54 Å². The van der Waals surface area contributed by atoms with Crippen molar-refractivity contribution >= 4 is 27.5 Å². The highest BCUT2D eigenvalue weighted by molar-refractivity contribution is 7.89. The fourth-order valence-electron chi connectivity index (χ4n) is 1.42. The second-order valence-electron chi connectivity index (χ2n) is 5.21. The molecule has 0 bridgehead atoms. The zero-order valence-corrected chi connectivity index (χ0v) is 13.7. The van der Waals surface area contributed by atoms with Crippen molar-refractivity contribution in [3.63, 3.8) is 0 Å². The molecule has 0 aromatic heterocycles. The summed E-state index contributed by atoms with van der Waals surface area (Å²) in [7, 11) is -3.82. The molecule has 0 saturated carbocycles. The molecule has 21 heavy (non-hydrogen) atoms. The quantitative estimate of drug-likeness (QED) is 0.826. The lowest BCUT2D eigenvalue weighted by atomic mass is 10.0. The molecule has 0 aliphatic heterocycles. The van der Waals surface area contributed by atoms with Crippen LogP contribution in [-0.4, -0.2) is 26.5 Å². The Morgan fingerprint density at radius 2 is 2.05 bits per heavy atom. The van der Waals surface area contributed by atoms with E-state index in [2.05, 4.69) is 5.32 Å². The van der Waals surface area contributed by atoms with E-state index in [1.54, 1.807) is 0 Å². The Balaban J connectivity index is 2.71. The third-order valence-electron chi connectivity index (χ3n) is 2.95. The molecular weight excluding hydrogens is 316 g/mol. The van der Waals surface area contributed by atoms with Crippen molar-refractivity contribution in [1.82, 2.24) is 5.32 Å². The van der Waals surface area contributed by atoms with E-state index in [4.69, 9.17) is 21.5 Å². The van der Waals surface area contributed by atoms with Gasteiger partial charge in [-0.25, -0.2) is 13.6 Å². The van der Waals surface area contributed by atoms with E-state index < -0.39 is 10.0 Å². The molecule has 0 heterocycles. The number of rotatable bonds is 6. The molecule has 1 aromatic rings. The summed E-state index contributed by atoms with van der Waals surface area (Å²) in [6.45, 7) is 5.55. The van der Waals surface area contributed by atoms with Crippen molar-refractivity contribution in [3.8, 4) is 5.75 Å². The molecule has 6 nitrogen and oxygen atoms in total. The van der Waals surface area contributed by atoms with E-state index in [1.165, 1.54) is 18.2 Å². The first-order valence-corrected chi connectivity index (χ1v) is 8.24. The third kappa shape index (κ3) is 5.53. The van der Waals surface area contributed by atoms with Crippen LogP contribution in [0, 0.1) is 0 Å². The Hall–Kier alpha value is -1.31. The molecule has 8 heteroatoms. The van der Waals surface area contributed by atoms with E-state index in [1.807, 2.05) is 20.8 Å². The molecule has 0 unspecified atom stereocenters. The Kier molecular flexibility index (Phi) is 5.61. The largest absolute Gasteiger partial charge is 0.482 e. The van der Waals surface area contributed by atoms with Crippen LogP contribution in [0.5, 0.6) is 5.75 Å². The van der Waals surface area contributed by atoms with Crippen molar-refractivity contribution in [2.24, 2.45) is 5.14 Å². The monoisotopic (exact) mass is 334 g/mol. The smallest absolute Gasteiger partial charge is 0.258 e. The maximum absolute atomic E-state index is 11.7. The third-order valence-corrected chi connectivity index (χ3v) is 4.16. The van der Waals surface area contributed by atoms with E-state index in [0.29, 0.717) is 0 Å². The second kappa shape index (κ2) is 6.64. The molecule has 3 N–H and O–H groups in total. The summed E-state index contributed by atoms with van der Waals surface area (Å²) in [5.41, 5.74) is -0.318. The number of halogens is 1. The average molecular weight is 335 g/mol. The molecule has 118 valence electrons. The van der Waals surface area contributed by atoms with Crippen molar-refractivity contribution < 1.29 is 17.9 Å². The molecule has 0 radical (unpaired) electrons. The lowest BCUT2D eigenvalue weighted by molar-refractivity contribution is -0.124. The van der Waals surface area contributed by atoms with Gasteiger partial charge in [0.05, 0.1) is 9.92 Å². The molecule has 1 amide bonds. The Morgan fingerprint density at radius 1 is 1.43 bits per heavy atom. The van der Waals surface area contributed by atoms with Gasteiger partial charge in [-0.1, -0.05) is 18.5 Å². The first kappa shape index (κ1) is 17.7. The summed E-state index contributed by atoms with van der Waals surface area (Å²) in [5.74, 6) is -0.0676. The normalized spacial score (nSPS) is 12.0. The molecule has 1 aromatic carbocycles. The first-order valence-electron chi connectivity index (χ1n) is 6.31. The standard InChI is InChI=1S/C13H19ClN2O4S/c1-4-13(2,3)16-12(17)8-20-11-6-5-9(7-10(11)14)21(15,18)19/h5-7H,4,8H2,1-3H3,(H,16,17)(H2,15,18,19). The fraction of sp³-hybridized carbons (Fsp3) is 0.462.